The van der Waals surface area contributed by atoms with Crippen molar-refractivity contribution >= 4 is 22.4 Å². The highest BCUT2D eigenvalue weighted by Crippen LogP contribution is 2.08. The van der Waals surface area contributed by atoms with Crippen molar-refractivity contribution in [3.05, 3.63) is 16.1 Å². The minimum atomic E-state index is -2.01. The lowest BCUT2D eigenvalue weighted by atomic mass is 10.6. The summed E-state index contributed by atoms with van der Waals surface area (Å²) in [5.74, 6) is 0.0321. The summed E-state index contributed by atoms with van der Waals surface area (Å²) in [6.45, 7) is 1.85. The molecule has 0 radical (unpaired) electrons. The van der Waals surface area contributed by atoms with Crippen molar-refractivity contribution in [2.75, 3.05) is 0 Å². The van der Waals surface area contributed by atoms with Crippen molar-refractivity contribution in [2.45, 2.75) is 12.7 Å². The summed E-state index contributed by atoms with van der Waals surface area (Å²) in [5, 5.41) is 2.66. The number of aromatic nitrogens is 1. The minimum Gasteiger partial charge on any atom is -0.772 e. The van der Waals surface area contributed by atoms with Crippen molar-refractivity contribution in [1.29, 1.82) is 0 Å². The van der Waals surface area contributed by atoms with Crippen LogP contribution in [0.5, 0.6) is 0 Å². The van der Waals surface area contributed by atoms with Gasteiger partial charge < -0.3 is 4.55 Å². The van der Waals surface area contributed by atoms with Crippen molar-refractivity contribution in [2.24, 2.45) is 0 Å². The van der Waals surface area contributed by atoms with Crippen LogP contribution in [0.4, 0.5) is 0 Å². The van der Waals surface area contributed by atoms with Gasteiger partial charge in [-0.3, -0.25) is 4.21 Å². The summed E-state index contributed by atoms with van der Waals surface area (Å²) in [5.41, 5.74) is 0.635. The zero-order chi connectivity index (χ0) is 7.56. The van der Waals surface area contributed by atoms with Gasteiger partial charge in [-0.15, -0.1) is 11.3 Å². The standard InChI is InChI=1S/C5H7NO2S2/c1-4-6-5(2-9-4)3-10(7)8/h2H,3H2,1H3,(H,7,8)/p-1. The van der Waals surface area contributed by atoms with E-state index < -0.39 is 11.1 Å². The molecule has 1 unspecified atom stereocenters. The molecule has 10 heavy (non-hydrogen) atoms. The van der Waals surface area contributed by atoms with E-state index in [1.165, 1.54) is 11.3 Å². The van der Waals surface area contributed by atoms with Crippen LogP contribution in [0, 0.1) is 6.92 Å². The van der Waals surface area contributed by atoms with Gasteiger partial charge in [0.25, 0.3) is 0 Å². The fourth-order valence-corrected chi connectivity index (χ4v) is 1.70. The van der Waals surface area contributed by atoms with Gasteiger partial charge in [0.1, 0.15) is 0 Å². The molecule has 0 aliphatic rings. The van der Waals surface area contributed by atoms with Crippen LogP contribution in [-0.4, -0.2) is 13.7 Å². The Morgan fingerprint density at radius 3 is 3.00 bits per heavy atom. The van der Waals surface area contributed by atoms with E-state index in [1.54, 1.807) is 5.38 Å². The summed E-state index contributed by atoms with van der Waals surface area (Å²) in [7, 11) is 0. The van der Waals surface area contributed by atoms with Crippen molar-refractivity contribution in [3.63, 3.8) is 0 Å². The lowest BCUT2D eigenvalue weighted by Gasteiger charge is -1.99. The maximum absolute atomic E-state index is 10.1. The summed E-state index contributed by atoms with van der Waals surface area (Å²) >= 11 is -0.547. The molecule has 0 fully saturated rings. The van der Waals surface area contributed by atoms with Gasteiger partial charge in [0.05, 0.1) is 16.5 Å². The molecular weight excluding hydrogens is 170 g/mol. The van der Waals surface area contributed by atoms with Crippen LogP contribution in [0.15, 0.2) is 5.38 Å². The fourth-order valence-electron chi connectivity index (χ4n) is 0.595. The third kappa shape index (κ3) is 2.17. The third-order valence-corrected chi connectivity index (χ3v) is 2.29. The smallest absolute Gasteiger partial charge is 0.0897 e. The first-order chi connectivity index (χ1) is 4.68. The van der Waals surface area contributed by atoms with E-state index in [2.05, 4.69) is 4.98 Å². The Morgan fingerprint density at radius 1 is 1.90 bits per heavy atom. The van der Waals surface area contributed by atoms with E-state index in [9.17, 15) is 8.76 Å². The number of hydrogen-bond donors (Lipinski definition) is 0. The Kier molecular flexibility index (Phi) is 2.53. The molecule has 0 N–H and O–H groups in total. The first-order valence-corrected chi connectivity index (χ1v) is 4.77. The normalized spacial score (nSPS) is 13.4. The van der Waals surface area contributed by atoms with Crippen molar-refractivity contribution in [1.82, 2.24) is 4.98 Å². The SMILES string of the molecule is Cc1nc(CS(=O)[O-])cs1. The molecule has 1 heterocycles. The molecule has 1 atom stereocenters. The molecule has 0 aliphatic heterocycles. The Balaban J connectivity index is 2.67. The predicted octanol–water partition coefficient (Wildman–Crippen LogP) is 0.831. The molecular formula is C5H6NO2S2-. The maximum atomic E-state index is 10.1. The van der Waals surface area contributed by atoms with Gasteiger partial charge in [-0.1, -0.05) is 0 Å². The minimum absolute atomic E-state index is 0.0321. The number of nitrogens with zero attached hydrogens (tertiary/aromatic N) is 1. The van der Waals surface area contributed by atoms with Crippen molar-refractivity contribution in [3.8, 4) is 0 Å². The second-order valence-corrected chi connectivity index (χ2v) is 3.76. The highest BCUT2D eigenvalue weighted by Gasteiger charge is 1.96. The molecule has 3 nitrogen and oxygen atoms in total. The topological polar surface area (TPSA) is 53.0 Å². The van der Waals surface area contributed by atoms with E-state index in [1.807, 2.05) is 6.92 Å². The van der Waals surface area contributed by atoms with Crippen LogP contribution in [0.2, 0.25) is 0 Å². The molecule has 56 valence electrons. The summed E-state index contributed by atoms with van der Waals surface area (Å²) in [4.78, 5) is 3.98. The molecule has 0 spiro atoms. The molecule has 0 saturated heterocycles. The van der Waals surface area contributed by atoms with E-state index in [-0.39, 0.29) is 5.75 Å². The average molecular weight is 176 g/mol. The second-order valence-electron chi connectivity index (χ2n) is 1.81. The Morgan fingerprint density at radius 2 is 2.60 bits per heavy atom. The van der Waals surface area contributed by atoms with Gasteiger partial charge in [-0.05, 0) is 18.0 Å². The fraction of sp³-hybridized carbons (Fsp3) is 0.400. The summed E-state index contributed by atoms with van der Waals surface area (Å²) < 4.78 is 20.3. The Bertz CT molecular complexity index is 246. The quantitative estimate of drug-likeness (QED) is 0.627. The highest BCUT2D eigenvalue weighted by molar-refractivity contribution is 7.78. The second kappa shape index (κ2) is 3.23. The van der Waals surface area contributed by atoms with E-state index >= 15 is 0 Å². The summed E-state index contributed by atoms with van der Waals surface area (Å²) in [6.07, 6.45) is 0. The molecule has 1 aromatic heterocycles. The highest BCUT2D eigenvalue weighted by atomic mass is 32.2. The van der Waals surface area contributed by atoms with Crippen LogP contribution < -0.4 is 0 Å². The van der Waals surface area contributed by atoms with Gasteiger partial charge >= 0.3 is 0 Å². The number of aryl methyl sites for hydroxylation is 1. The van der Waals surface area contributed by atoms with Gasteiger partial charge in [-0.25, -0.2) is 4.98 Å². The van der Waals surface area contributed by atoms with Gasteiger partial charge in [0.15, 0.2) is 0 Å². The average Bonchev–Trinajstić information content (AvgIpc) is 2.13. The largest absolute Gasteiger partial charge is 0.772 e. The first kappa shape index (κ1) is 7.84. The molecule has 5 heteroatoms. The van der Waals surface area contributed by atoms with Gasteiger partial charge in [0.2, 0.25) is 0 Å². The van der Waals surface area contributed by atoms with Crippen LogP contribution in [-0.2, 0) is 16.8 Å². The number of thiazole rings is 1. The molecule has 0 saturated carbocycles. The maximum Gasteiger partial charge on any atom is 0.0897 e. The van der Waals surface area contributed by atoms with Gasteiger partial charge in [0, 0.05) is 5.38 Å². The predicted molar refractivity (Wildman–Crippen MR) is 39.5 cm³/mol. The van der Waals surface area contributed by atoms with Crippen LogP contribution in [0.3, 0.4) is 0 Å². The third-order valence-electron chi connectivity index (χ3n) is 0.932. The zero-order valence-electron chi connectivity index (χ0n) is 5.36. The lowest BCUT2D eigenvalue weighted by molar-refractivity contribution is 0.535. The Labute approximate surface area is 65.4 Å². The monoisotopic (exact) mass is 176 g/mol. The summed E-state index contributed by atoms with van der Waals surface area (Å²) in [6, 6.07) is 0. The first-order valence-electron chi connectivity index (χ1n) is 2.65. The molecule has 0 aliphatic carbocycles. The van der Waals surface area contributed by atoms with Crippen LogP contribution in [0.25, 0.3) is 0 Å². The van der Waals surface area contributed by atoms with Crippen LogP contribution in [0.1, 0.15) is 10.7 Å². The molecule has 0 aromatic carbocycles. The molecule has 0 bridgehead atoms. The zero-order valence-corrected chi connectivity index (χ0v) is 7.00. The van der Waals surface area contributed by atoms with E-state index in [0.29, 0.717) is 5.69 Å². The van der Waals surface area contributed by atoms with E-state index in [0.717, 1.165) is 5.01 Å². The van der Waals surface area contributed by atoms with E-state index in [4.69, 9.17) is 0 Å². The number of rotatable bonds is 2. The molecule has 1 rings (SSSR count). The number of hydrogen-bond acceptors (Lipinski definition) is 4. The van der Waals surface area contributed by atoms with Crippen molar-refractivity contribution < 1.29 is 8.76 Å². The van der Waals surface area contributed by atoms with Crippen LogP contribution >= 0.6 is 11.3 Å². The van der Waals surface area contributed by atoms with Gasteiger partial charge in [-0.2, -0.15) is 0 Å². The molecule has 1 aromatic rings. The molecule has 0 amide bonds. The Hall–Kier alpha value is -0.260. The lowest BCUT2D eigenvalue weighted by Crippen LogP contribution is -1.92.